The number of nitrogens with one attached hydrogen (secondary N) is 1. The lowest BCUT2D eigenvalue weighted by Crippen LogP contribution is -2.43. The van der Waals surface area contributed by atoms with Crippen LogP contribution < -0.4 is 15.8 Å². The molecule has 1 unspecified atom stereocenters. The maximum absolute atomic E-state index is 15.7. The molecule has 172 valence electrons. The number of fused-ring (bicyclic) bond motifs is 1. The van der Waals surface area contributed by atoms with Gasteiger partial charge >= 0.3 is 13.5 Å². The average Bonchev–Trinajstić information content (AvgIpc) is 2.99. The zero-order chi connectivity index (χ0) is 25.1. The Labute approximate surface area is 179 Å². The summed E-state index contributed by atoms with van der Waals surface area (Å²) in [5.74, 6) is -4.84. The predicted molar refractivity (Wildman–Crippen MR) is 98.1 cm³/mol. The van der Waals surface area contributed by atoms with Gasteiger partial charge in [0.15, 0.2) is 12.5 Å². The molecule has 0 saturated carbocycles. The molecule has 1 fully saturated rings. The number of nitrogens with zero attached hydrogens (tertiary/aromatic N) is 1. The molecule has 15 heteroatoms. The Hall–Kier alpha value is -2.74. The van der Waals surface area contributed by atoms with E-state index in [1.807, 2.05) is 0 Å². The van der Waals surface area contributed by atoms with Gasteiger partial charge in [-0.25, -0.2) is 18.1 Å². The molecule has 12 nitrogen and oxygen atoms in total. The molecule has 0 bridgehead atoms. The van der Waals surface area contributed by atoms with Crippen molar-refractivity contribution in [1.82, 2.24) is 9.55 Å². The minimum atomic E-state index is -4.92. The van der Waals surface area contributed by atoms with Gasteiger partial charge in [-0.15, -0.1) is 0 Å². The van der Waals surface area contributed by atoms with E-state index in [0.29, 0.717) is 10.8 Å². The predicted octanol–water partition coefficient (Wildman–Crippen LogP) is 0.138. The molecule has 1 saturated heterocycles. The number of rotatable bonds is 5. The number of hydrogen-bond acceptors (Lipinski definition) is 10. The summed E-state index contributed by atoms with van der Waals surface area (Å²) in [7, 11) is -4.92. The van der Waals surface area contributed by atoms with Gasteiger partial charge in [0.05, 0.1) is 14.9 Å². The van der Waals surface area contributed by atoms with Crippen LogP contribution in [-0.2, 0) is 25.0 Å². The Balaban J connectivity index is 1.64. The molecule has 3 N–H and O–H groups in total. The number of aldehydes is 1. The molecule has 0 aliphatic carbocycles. The van der Waals surface area contributed by atoms with Crippen molar-refractivity contribution in [2.24, 2.45) is 0 Å². The molecule has 2 aliphatic rings. The number of carbonyl (C=O) groups excluding carboxylic acids is 1. The van der Waals surface area contributed by atoms with Gasteiger partial charge in [0.1, 0.15) is 30.3 Å². The van der Waals surface area contributed by atoms with Crippen LogP contribution in [0, 0.1) is 5.82 Å². The van der Waals surface area contributed by atoms with Crippen molar-refractivity contribution >= 4 is 14.1 Å². The molecule has 5 atom stereocenters. The summed E-state index contributed by atoms with van der Waals surface area (Å²) in [6.45, 7) is -4.40. The summed E-state index contributed by atoms with van der Waals surface area (Å²) in [6.07, 6.45) is -6.57. The number of ether oxygens (including phenoxy) is 1. The van der Waals surface area contributed by atoms with Gasteiger partial charge in [0, 0.05) is 11.8 Å². The van der Waals surface area contributed by atoms with Crippen LogP contribution in [0.1, 0.15) is 24.9 Å². The number of aliphatic hydroxyl groups is 2. The first-order chi connectivity index (χ1) is 15.8. The number of phosphoric ester groups is 1. The number of benzene rings is 1. The standard InChI is InChI=1S/C17H15F2N2O10P/c18-10-1-2-11-8(3-10)6-28-32(27,31-11)29-7-17(19)13(24)12(23)15(30-17)21-4-9(5-22)14(25)20-16(21)26/h1-5,12-13,15,23-24H,6-7H2,(H,20,25,26)/t12-,13+,15-,17-,32?/m1/s1/i7D2. The zero-order valence-electron chi connectivity index (χ0n) is 17.6. The van der Waals surface area contributed by atoms with Crippen LogP contribution in [0.15, 0.2) is 34.0 Å². The monoisotopic (exact) mass is 478 g/mol. The SMILES string of the molecule is [2H]C([2H])(OP1(=O)OCc2cc(F)ccc2O1)[C@@]1(F)O[C@@H](n2cc(C=O)c(=O)[nH]c2=O)[C@H](O)[C@@H]1O. The van der Waals surface area contributed by atoms with Crippen LogP contribution in [-0.4, -0.2) is 50.7 Å². The Bertz CT molecular complexity index is 1320. The topological polar surface area (TPSA) is 166 Å². The summed E-state index contributed by atoms with van der Waals surface area (Å²) in [4.78, 5) is 36.3. The molecule has 0 spiro atoms. The second-order valence-corrected chi connectivity index (χ2v) is 8.23. The van der Waals surface area contributed by atoms with Gasteiger partial charge in [-0.05, 0) is 18.2 Å². The molecule has 32 heavy (non-hydrogen) atoms. The molecule has 4 rings (SSSR count). The summed E-state index contributed by atoms with van der Waals surface area (Å²) >= 11 is 0. The minimum Gasteiger partial charge on any atom is -0.404 e. The van der Waals surface area contributed by atoms with Crippen molar-refractivity contribution in [3.8, 4) is 5.75 Å². The molecule has 0 amide bonds. The van der Waals surface area contributed by atoms with Gasteiger partial charge in [-0.3, -0.25) is 28.2 Å². The van der Waals surface area contributed by atoms with Gasteiger partial charge in [-0.1, -0.05) is 0 Å². The third-order valence-corrected chi connectivity index (χ3v) is 5.77. The lowest BCUT2D eigenvalue weighted by atomic mass is 10.1. The fraction of sp³-hybridized carbons (Fsp3) is 0.353. The lowest BCUT2D eigenvalue weighted by molar-refractivity contribution is -0.205. The first-order valence-corrected chi connectivity index (χ1v) is 10.2. The highest BCUT2D eigenvalue weighted by Gasteiger charge is 2.57. The van der Waals surface area contributed by atoms with E-state index in [2.05, 4.69) is 4.52 Å². The largest absolute Gasteiger partial charge is 0.530 e. The maximum Gasteiger partial charge on any atom is 0.530 e. The summed E-state index contributed by atoms with van der Waals surface area (Å²) in [5, 5.41) is 20.5. The van der Waals surface area contributed by atoms with Crippen LogP contribution in [0.3, 0.4) is 0 Å². The van der Waals surface area contributed by atoms with E-state index >= 15 is 4.39 Å². The van der Waals surface area contributed by atoms with E-state index in [1.165, 1.54) is 0 Å². The molecule has 1 aromatic carbocycles. The van der Waals surface area contributed by atoms with E-state index in [1.54, 1.807) is 4.98 Å². The van der Waals surface area contributed by atoms with Crippen molar-refractivity contribution in [3.05, 3.63) is 62.2 Å². The highest BCUT2D eigenvalue weighted by atomic mass is 31.2. The van der Waals surface area contributed by atoms with Crippen molar-refractivity contribution < 1.29 is 49.4 Å². The van der Waals surface area contributed by atoms with Crippen LogP contribution >= 0.6 is 7.82 Å². The Morgan fingerprint density at radius 1 is 1.44 bits per heavy atom. The summed E-state index contributed by atoms with van der Waals surface area (Å²) < 4.78 is 77.2. The van der Waals surface area contributed by atoms with E-state index in [-0.39, 0.29) is 17.6 Å². The maximum atomic E-state index is 15.7. The van der Waals surface area contributed by atoms with Crippen molar-refractivity contribution in [2.45, 2.75) is 30.9 Å². The Morgan fingerprint density at radius 2 is 2.19 bits per heavy atom. The number of carbonyl (C=O) groups is 1. The second-order valence-electron chi connectivity index (χ2n) is 6.72. The number of alkyl halides is 1. The normalized spacial score (nSPS) is 33.1. The summed E-state index contributed by atoms with van der Waals surface area (Å²) in [6, 6.07) is 2.99. The summed E-state index contributed by atoms with van der Waals surface area (Å²) in [5.41, 5.74) is -2.90. The molecule has 3 heterocycles. The number of aromatic nitrogens is 2. The molecule has 2 aliphatic heterocycles. The number of aromatic amines is 1. The zero-order valence-corrected chi connectivity index (χ0v) is 16.5. The van der Waals surface area contributed by atoms with Crippen LogP contribution in [0.25, 0.3) is 0 Å². The van der Waals surface area contributed by atoms with Crippen molar-refractivity contribution in [1.29, 1.82) is 0 Å². The van der Waals surface area contributed by atoms with Gasteiger partial charge in [-0.2, -0.15) is 0 Å². The molecule has 2 aromatic rings. The van der Waals surface area contributed by atoms with Crippen molar-refractivity contribution in [3.63, 3.8) is 0 Å². The first kappa shape index (κ1) is 19.9. The number of phosphoric acid groups is 1. The van der Waals surface area contributed by atoms with E-state index in [4.69, 9.17) is 16.5 Å². The second kappa shape index (κ2) is 7.99. The Kier molecular flexibility index (Phi) is 4.97. The number of H-pyrrole nitrogens is 1. The smallest absolute Gasteiger partial charge is 0.404 e. The van der Waals surface area contributed by atoms with E-state index in [9.17, 15) is 33.6 Å². The van der Waals surface area contributed by atoms with Gasteiger partial charge in [0.25, 0.3) is 11.4 Å². The quantitative estimate of drug-likeness (QED) is 0.397. The van der Waals surface area contributed by atoms with Gasteiger partial charge < -0.3 is 19.5 Å². The number of halogens is 2. The molecule has 1 aromatic heterocycles. The third-order valence-electron chi connectivity index (χ3n) is 4.59. The molecular weight excluding hydrogens is 461 g/mol. The Morgan fingerprint density at radius 3 is 2.91 bits per heavy atom. The minimum absolute atomic E-state index is 0.0464. The highest BCUT2D eigenvalue weighted by molar-refractivity contribution is 7.49. The number of hydrogen-bond donors (Lipinski definition) is 3. The van der Waals surface area contributed by atoms with E-state index in [0.717, 1.165) is 18.2 Å². The lowest BCUT2D eigenvalue weighted by Gasteiger charge is -2.28. The van der Waals surface area contributed by atoms with Gasteiger partial charge in [0.2, 0.25) is 0 Å². The van der Waals surface area contributed by atoms with Crippen LogP contribution in [0.5, 0.6) is 5.75 Å². The third kappa shape index (κ3) is 3.92. The first-order valence-electron chi connectivity index (χ1n) is 9.77. The van der Waals surface area contributed by atoms with Crippen molar-refractivity contribution in [2.75, 3.05) is 6.56 Å². The van der Waals surface area contributed by atoms with E-state index < -0.39 is 67.9 Å². The van der Waals surface area contributed by atoms with Crippen LogP contribution in [0.2, 0.25) is 0 Å². The highest BCUT2D eigenvalue weighted by Crippen LogP contribution is 2.55. The fourth-order valence-electron chi connectivity index (χ4n) is 2.98. The van der Waals surface area contributed by atoms with Crippen LogP contribution in [0.4, 0.5) is 8.78 Å². The molecule has 0 radical (unpaired) electrons. The fourth-order valence-corrected chi connectivity index (χ4v) is 4.07. The molecular formula is C17H15F2N2O10P. The average molecular weight is 478 g/mol. The number of aliphatic hydroxyl groups excluding tert-OH is 2.